The Hall–Kier alpha value is -2.74. The summed E-state index contributed by atoms with van der Waals surface area (Å²) in [6.45, 7) is 1.43. The van der Waals surface area contributed by atoms with Gasteiger partial charge in [-0.1, -0.05) is 28.1 Å². The monoisotopic (exact) mass is 392 g/mol. The average molecular weight is 393 g/mol. The van der Waals surface area contributed by atoms with Crippen LogP contribution in [0.1, 0.15) is 27.6 Å². The number of rotatable bonds is 5. The maximum absolute atomic E-state index is 12.3. The number of anilines is 1. The van der Waals surface area contributed by atoms with Gasteiger partial charge >= 0.3 is 5.97 Å². The number of Topliss-reactive ketones (excluding diaryl/α,β-unsaturated/α-hetero) is 1. The predicted molar refractivity (Wildman–Crippen MR) is 90.9 cm³/mol. The highest BCUT2D eigenvalue weighted by atomic mass is 79.9. The molecule has 0 aliphatic heterocycles. The third kappa shape index (κ3) is 3.96. The summed E-state index contributed by atoms with van der Waals surface area (Å²) < 4.78 is 5.91. The minimum absolute atomic E-state index is 0.0360. The Morgan fingerprint density at radius 3 is 2.42 bits per heavy atom. The van der Waals surface area contributed by atoms with E-state index in [-0.39, 0.29) is 22.7 Å². The molecule has 0 saturated carbocycles. The van der Waals surface area contributed by atoms with Crippen molar-refractivity contribution in [2.75, 3.05) is 5.73 Å². The number of nitro groups is 1. The first kappa shape index (κ1) is 17.6. The Labute approximate surface area is 145 Å². The average Bonchev–Trinajstić information content (AvgIpc) is 2.54. The van der Waals surface area contributed by atoms with E-state index in [1.807, 2.05) is 0 Å². The Kier molecular flexibility index (Phi) is 5.30. The van der Waals surface area contributed by atoms with E-state index in [2.05, 4.69) is 15.9 Å². The second-order valence-electron chi connectivity index (χ2n) is 4.95. The van der Waals surface area contributed by atoms with Crippen molar-refractivity contribution < 1.29 is 19.2 Å². The van der Waals surface area contributed by atoms with Gasteiger partial charge in [0, 0.05) is 27.9 Å². The number of carbonyl (C=O) groups excluding carboxylic acids is 2. The maximum atomic E-state index is 12.3. The van der Waals surface area contributed by atoms with E-state index in [9.17, 15) is 19.7 Å². The number of ketones is 1. The molecule has 0 saturated heterocycles. The highest BCUT2D eigenvalue weighted by Crippen LogP contribution is 2.21. The van der Waals surface area contributed by atoms with Crippen molar-refractivity contribution in [3.05, 3.63) is 68.2 Å². The fourth-order valence-electron chi connectivity index (χ4n) is 1.96. The van der Waals surface area contributed by atoms with Gasteiger partial charge in [0.15, 0.2) is 6.10 Å². The van der Waals surface area contributed by atoms with Gasteiger partial charge in [-0.15, -0.1) is 0 Å². The van der Waals surface area contributed by atoms with Crippen molar-refractivity contribution in [3.63, 3.8) is 0 Å². The van der Waals surface area contributed by atoms with E-state index in [0.717, 1.165) is 10.5 Å². The van der Waals surface area contributed by atoms with Crippen LogP contribution < -0.4 is 5.73 Å². The number of nitrogens with two attached hydrogens (primary N) is 1. The van der Waals surface area contributed by atoms with Crippen LogP contribution in [-0.2, 0) is 4.74 Å². The number of carbonyl (C=O) groups is 2. The molecule has 7 nitrogen and oxygen atoms in total. The number of nitro benzene ring substituents is 1. The SMILES string of the molecule is C[C@@H](OC(=O)c1cc([N+](=O)[O-])ccc1N)C(=O)c1ccc(Br)cc1. The minimum atomic E-state index is -1.06. The van der Waals surface area contributed by atoms with Crippen molar-refractivity contribution in [3.8, 4) is 0 Å². The fourth-order valence-corrected chi connectivity index (χ4v) is 2.23. The number of esters is 1. The zero-order valence-corrected chi connectivity index (χ0v) is 14.1. The molecule has 2 aromatic carbocycles. The highest BCUT2D eigenvalue weighted by molar-refractivity contribution is 9.10. The summed E-state index contributed by atoms with van der Waals surface area (Å²) in [4.78, 5) is 34.5. The quantitative estimate of drug-likeness (QED) is 0.274. The van der Waals surface area contributed by atoms with E-state index in [1.165, 1.54) is 19.1 Å². The molecule has 0 spiro atoms. The first-order valence-corrected chi connectivity index (χ1v) is 7.63. The summed E-state index contributed by atoms with van der Waals surface area (Å²) >= 11 is 3.26. The van der Waals surface area contributed by atoms with Gasteiger partial charge in [-0.3, -0.25) is 14.9 Å². The number of nitrogen functional groups attached to an aromatic ring is 1. The minimum Gasteiger partial charge on any atom is -0.451 e. The summed E-state index contributed by atoms with van der Waals surface area (Å²) in [5.41, 5.74) is 5.63. The van der Waals surface area contributed by atoms with Gasteiger partial charge in [-0.05, 0) is 25.1 Å². The molecule has 2 aromatic rings. The van der Waals surface area contributed by atoms with Crippen LogP contribution in [0.5, 0.6) is 0 Å². The first-order chi connectivity index (χ1) is 11.3. The first-order valence-electron chi connectivity index (χ1n) is 6.84. The van der Waals surface area contributed by atoms with Crippen molar-refractivity contribution >= 4 is 39.1 Å². The molecule has 0 fully saturated rings. The lowest BCUT2D eigenvalue weighted by Crippen LogP contribution is -2.25. The maximum Gasteiger partial charge on any atom is 0.341 e. The van der Waals surface area contributed by atoms with Gasteiger partial charge in [-0.2, -0.15) is 0 Å². The summed E-state index contributed by atoms with van der Waals surface area (Å²) in [5, 5.41) is 10.8. The summed E-state index contributed by atoms with van der Waals surface area (Å²) in [6.07, 6.45) is -1.06. The standard InChI is InChI=1S/C16H13BrN2O5/c1-9(15(20)10-2-4-11(17)5-3-10)24-16(21)13-8-12(19(22)23)6-7-14(13)18/h2-9H,18H2,1H3/t9-/m1/s1. The van der Waals surface area contributed by atoms with Crippen molar-refractivity contribution in [2.45, 2.75) is 13.0 Å². The van der Waals surface area contributed by atoms with E-state index in [4.69, 9.17) is 10.5 Å². The molecule has 0 heterocycles. The fraction of sp³-hybridized carbons (Fsp3) is 0.125. The number of non-ortho nitro benzene ring substituents is 1. The summed E-state index contributed by atoms with van der Waals surface area (Å²) in [6, 6.07) is 10.0. The van der Waals surface area contributed by atoms with Gasteiger partial charge in [0.1, 0.15) is 0 Å². The normalized spacial score (nSPS) is 11.6. The number of benzene rings is 2. The van der Waals surface area contributed by atoms with E-state index in [0.29, 0.717) is 5.56 Å². The third-order valence-corrected chi connectivity index (χ3v) is 3.78. The lowest BCUT2D eigenvalue weighted by molar-refractivity contribution is -0.384. The molecule has 0 aliphatic carbocycles. The van der Waals surface area contributed by atoms with Gasteiger partial charge in [0.05, 0.1) is 10.5 Å². The van der Waals surface area contributed by atoms with Crippen molar-refractivity contribution in [1.29, 1.82) is 0 Å². The number of hydrogen-bond donors (Lipinski definition) is 1. The topological polar surface area (TPSA) is 113 Å². The zero-order valence-electron chi connectivity index (χ0n) is 12.6. The van der Waals surface area contributed by atoms with Crippen LogP contribution in [0.25, 0.3) is 0 Å². The predicted octanol–water partition coefficient (Wildman–Crippen LogP) is 3.37. The molecule has 0 radical (unpaired) electrons. The Bertz CT molecular complexity index is 805. The Morgan fingerprint density at radius 2 is 1.83 bits per heavy atom. The Balaban J connectivity index is 2.17. The van der Waals surface area contributed by atoms with Crippen LogP contribution in [0, 0.1) is 10.1 Å². The second kappa shape index (κ2) is 7.22. The number of nitrogens with zero attached hydrogens (tertiary/aromatic N) is 1. The molecule has 0 amide bonds. The van der Waals surface area contributed by atoms with Gasteiger partial charge < -0.3 is 10.5 Å². The molecule has 1 atom stereocenters. The number of halogens is 1. The van der Waals surface area contributed by atoms with Crippen LogP contribution >= 0.6 is 15.9 Å². The lowest BCUT2D eigenvalue weighted by atomic mass is 10.1. The molecular formula is C16H13BrN2O5. The number of ether oxygens (including phenoxy) is 1. The van der Waals surface area contributed by atoms with Crippen LogP contribution in [-0.4, -0.2) is 22.8 Å². The molecule has 0 bridgehead atoms. The molecule has 2 rings (SSSR count). The number of hydrogen-bond acceptors (Lipinski definition) is 6. The van der Waals surface area contributed by atoms with Gasteiger partial charge in [0.25, 0.3) is 5.69 Å². The molecular weight excluding hydrogens is 380 g/mol. The lowest BCUT2D eigenvalue weighted by Gasteiger charge is -2.13. The summed E-state index contributed by atoms with van der Waals surface area (Å²) in [5.74, 6) is -1.28. The van der Waals surface area contributed by atoms with E-state index < -0.39 is 17.0 Å². The molecule has 0 unspecified atom stereocenters. The largest absolute Gasteiger partial charge is 0.451 e. The molecule has 0 aliphatic rings. The molecule has 124 valence electrons. The second-order valence-corrected chi connectivity index (χ2v) is 5.86. The molecule has 2 N–H and O–H groups in total. The Morgan fingerprint density at radius 1 is 1.21 bits per heavy atom. The zero-order chi connectivity index (χ0) is 17.9. The van der Waals surface area contributed by atoms with E-state index in [1.54, 1.807) is 24.3 Å². The van der Waals surface area contributed by atoms with Crippen LogP contribution in [0.2, 0.25) is 0 Å². The van der Waals surface area contributed by atoms with Crippen LogP contribution in [0.4, 0.5) is 11.4 Å². The van der Waals surface area contributed by atoms with Gasteiger partial charge in [0.2, 0.25) is 5.78 Å². The smallest absolute Gasteiger partial charge is 0.341 e. The van der Waals surface area contributed by atoms with Crippen LogP contribution in [0.15, 0.2) is 46.9 Å². The van der Waals surface area contributed by atoms with E-state index >= 15 is 0 Å². The molecule has 8 heteroatoms. The van der Waals surface area contributed by atoms with Crippen molar-refractivity contribution in [1.82, 2.24) is 0 Å². The highest BCUT2D eigenvalue weighted by Gasteiger charge is 2.23. The van der Waals surface area contributed by atoms with Crippen LogP contribution in [0.3, 0.4) is 0 Å². The van der Waals surface area contributed by atoms with Gasteiger partial charge in [-0.25, -0.2) is 4.79 Å². The molecule has 24 heavy (non-hydrogen) atoms. The summed E-state index contributed by atoms with van der Waals surface area (Å²) in [7, 11) is 0. The third-order valence-electron chi connectivity index (χ3n) is 3.25. The molecule has 0 aromatic heterocycles. The van der Waals surface area contributed by atoms with Crippen molar-refractivity contribution in [2.24, 2.45) is 0 Å².